The fourth-order valence-electron chi connectivity index (χ4n) is 2.36. The van der Waals surface area contributed by atoms with Crippen molar-refractivity contribution >= 4 is 34.0 Å². The van der Waals surface area contributed by atoms with Gasteiger partial charge < -0.3 is 5.32 Å². The van der Waals surface area contributed by atoms with Crippen LogP contribution >= 0.6 is 11.3 Å². The second-order valence-electron chi connectivity index (χ2n) is 5.52. The molecule has 0 bridgehead atoms. The van der Waals surface area contributed by atoms with Crippen LogP contribution in [0.4, 0.5) is 10.8 Å². The molecule has 3 aromatic rings. The maximum Gasteiger partial charge on any atom is 0.267 e. The zero-order valence-corrected chi connectivity index (χ0v) is 14.7. The van der Waals surface area contributed by atoms with Crippen molar-refractivity contribution in [2.24, 2.45) is 0 Å². The Hall–Kier alpha value is -2.99. The Morgan fingerprint density at radius 1 is 0.880 bits per heavy atom. The van der Waals surface area contributed by atoms with Crippen molar-refractivity contribution in [3.05, 3.63) is 76.3 Å². The zero-order chi connectivity index (χ0) is 17.8. The number of para-hydroxylation sites is 1. The minimum atomic E-state index is -0.238. The van der Waals surface area contributed by atoms with Gasteiger partial charge in [0, 0.05) is 11.3 Å². The summed E-state index contributed by atoms with van der Waals surface area (Å²) in [5.74, 6) is -0.473. The van der Waals surface area contributed by atoms with E-state index in [1.807, 2.05) is 55.5 Å². The summed E-state index contributed by atoms with van der Waals surface area (Å²) in [5.41, 5.74) is 2.77. The predicted octanol–water partition coefficient (Wildman–Crippen LogP) is 4.26. The Balaban J connectivity index is 1.75. The van der Waals surface area contributed by atoms with Crippen molar-refractivity contribution in [2.75, 3.05) is 10.6 Å². The number of hydrogen-bond donors (Lipinski definition) is 2. The molecule has 0 saturated heterocycles. The molecule has 0 aliphatic carbocycles. The molecule has 0 saturated carbocycles. The van der Waals surface area contributed by atoms with E-state index in [0.29, 0.717) is 27.0 Å². The van der Waals surface area contributed by atoms with Crippen molar-refractivity contribution in [1.82, 2.24) is 4.98 Å². The van der Waals surface area contributed by atoms with Crippen LogP contribution in [0.1, 0.15) is 31.3 Å². The Kier molecular flexibility index (Phi) is 4.90. The molecular weight excluding hydrogens is 334 g/mol. The molecule has 0 radical (unpaired) electrons. The van der Waals surface area contributed by atoms with Gasteiger partial charge in [-0.3, -0.25) is 14.9 Å². The SMILES string of the molecule is Cc1ccccc1C(=O)Nc1nc(C)c(C(=O)Nc2ccccc2)s1. The number of rotatable bonds is 4. The molecule has 3 rings (SSSR count). The topological polar surface area (TPSA) is 71.1 Å². The van der Waals surface area contributed by atoms with Crippen LogP contribution in [0.2, 0.25) is 0 Å². The molecule has 0 aliphatic rings. The van der Waals surface area contributed by atoms with E-state index < -0.39 is 0 Å². The van der Waals surface area contributed by atoms with Gasteiger partial charge in [0.1, 0.15) is 4.88 Å². The lowest BCUT2D eigenvalue weighted by Crippen LogP contribution is -2.13. The van der Waals surface area contributed by atoms with E-state index in [1.54, 1.807) is 13.0 Å². The first-order valence-corrected chi connectivity index (χ1v) is 8.57. The normalized spacial score (nSPS) is 10.3. The van der Waals surface area contributed by atoms with E-state index in [4.69, 9.17) is 0 Å². The summed E-state index contributed by atoms with van der Waals surface area (Å²) in [7, 11) is 0. The number of amides is 2. The predicted molar refractivity (Wildman–Crippen MR) is 100 cm³/mol. The summed E-state index contributed by atoms with van der Waals surface area (Å²) >= 11 is 1.16. The van der Waals surface area contributed by atoms with E-state index >= 15 is 0 Å². The van der Waals surface area contributed by atoms with E-state index in [2.05, 4.69) is 15.6 Å². The highest BCUT2D eigenvalue weighted by molar-refractivity contribution is 7.17. The Morgan fingerprint density at radius 2 is 1.56 bits per heavy atom. The molecule has 0 fully saturated rings. The molecule has 5 nitrogen and oxygen atoms in total. The lowest BCUT2D eigenvalue weighted by molar-refractivity contribution is 0.101. The second kappa shape index (κ2) is 7.27. The average Bonchev–Trinajstić information content (AvgIpc) is 2.96. The van der Waals surface area contributed by atoms with Gasteiger partial charge in [0.05, 0.1) is 5.69 Å². The number of nitrogens with one attached hydrogen (secondary N) is 2. The van der Waals surface area contributed by atoms with Gasteiger partial charge >= 0.3 is 0 Å². The second-order valence-corrected chi connectivity index (χ2v) is 6.52. The highest BCUT2D eigenvalue weighted by Gasteiger charge is 2.17. The van der Waals surface area contributed by atoms with Gasteiger partial charge in [-0.15, -0.1) is 0 Å². The van der Waals surface area contributed by atoms with Crippen LogP contribution in [0, 0.1) is 13.8 Å². The summed E-state index contributed by atoms with van der Waals surface area (Å²) in [5, 5.41) is 6.00. The molecule has 0 spiro atoms. The first-order valence-electron chi connectivity index (χ1n) is 7.75. The van der Waals surface area contributed by atoms with Crippen LogP contribution in [-0.2, 0) is 0 Å². The van der Waals surface area contributed by atoms with Crippen LogP contribution in [0.15, 0.2) is 54.6 Å². The maximum absolute atomic E-state index is 12.4. The monoisotopic (exact) mass is 351 g/mol. The zero-order valence-electron chi connectivity index (χ0n) is 13.9. The summed E-state index contributed by atoms with van der Waals surface area (Å²) in [6.07, 6.45) is 0. The minimum Gasteiger partial charge on any atom is -0.321 e. The van der Waals surface area contributed by atoms with E-state index in [-0.39, 0.29) is 11.8 Å². The molecular formula is C19H17N3O2S. The molecule has 0 aliphatic heterocycles. The number of thiazole rings is 1. The number of benzene rings is 2. The van der Waals surface area contributed by atoms with Gasteiger partial charge in [0.2, 0.25) is 0 Å². The first-order chi connectivity index (χ1) is 12.0. The fourth-order valence-corrected chi connectivity index (χ4v) is 3.22. The highest BCUT2D eigenvalue weighted by Crippen LogP contribution is 2.24. The van der Waals surface area contributed by atoms with Gasteiger partial charge in [0.15, 0.2) is 5.13 Å². The number of aromatic nitrogens is 1. The third-order valence-electron chi connectivity index (χ3n) is 3.64. The van der Waals surface area contributed by atoms with Crippen LogP contribution in [0.3, 0.4) is 0 Å². The molecule has 0 atom stereocenters. The molecule has 2 amide bonds. The number of carbonyl (C=O) groups is 2. The summed E-state index contributed by atoms with van der Waals surface area (Å²) in [6, 6.07) is 16.5. The number of hydrogen-bond acceptors (Lipinski definition) is 4. The lowest BCUT2D eigenvalue weighted by Gasteiger charge is -2.04. The summed E-state index contributed by atoms with van der Waals surface area (Å²) in [4.78, 5) is 29.5. The van der Waals surface area contributed by atoms with Crippen LogP contribution in [-0.4, -0.2) is 16.8 Å². The van der Waals surface area contributed by atoms with Crippen molar-refractivity contribution < 1.29 is 9.59 Å². The molecule has 2 N–H and O–H groups in total. The Morgan fingerprint density at radius 3 is 2.28 bits per heavy atom. The van der Waals surface area contributed by atoms with Crippen LogP contribution < -0.4 is 10.6 Å². The summed E-state index contributed by atoms with van der Waals surface area (Å²) in [6.45, 7) is 3.63. The molecule has 1 aromatic heterocycles. The fraction of sp³-hybridized carbons (Fsp3) is 0.105. The summed E-state index contributed by atoms with van der Waals surface area (Å²) < 4.78 is 0. The number of anilines is 2. The molecule has 126 valence electrons. The molecule has 2 aromatic carbocycles. The van der Waals surface area contributed by atoms with E-state index in [0.717, 1.165) is 16.9 Å². The van der Waals surface area contributed by atoms with Gasteiger partial charge in [0.25, 0.3) is 11.8 Å². The molecule has 25 heavy (non-hydrogen) atoms. The van der Waals surface area contributed by atoms with Crippen molar-refractivity contribution in [2.45, 2.75) is 13.8 Å². The number of carbonyl (C=O) groups excluding carboxylic acids is 2. The van der Waals surface area contributed by atoms with Crippen LogP contribution in [0.5, 0.6) is 0 Å². The van der Waals surface area contributed by atoms with Gasteiger partial charge in [-0.1, -0.05) is 47.7 Å². The van der Waals surface area contributed by atoms with E-state index in [9.17, 15) is 9.59 Å². The Bertz CT molecular complexity index is 919. The standard InChI is InChI=1S/C19H17N3O2S/c1-12-8-6-7-11-15(12)17(23)22-19-20-13(2)16(25-19)18(24)21-14-9-4-3-5-10-14/h3-11H,1-2H3,(H,21,24)(H,20,22,23). The molecule has 1 heterocycles. The van der Waals surface area contributed by atoms with Gasteiger partial charge in [-0.2, -0.15) is 0 Å². The lowest BCUT2D eigenvalue weighted by atomic mass is 10.1. The van der Waals surface area contributed by atoms with Crippen molar-refractivity contribution in [1.29, 1.82) is 0 Å². The third-order valence-corrected chi connectivity index (χ3v) is 4.72. The third kappa shape index (κ3) is 3.92. The maximum atomic E-state index is 12.4. The van der Waals surface area contributed by atoms with Gasteiger partial charge in [-0.25, -0.2) is 4.98 Å². The van der Waals surface area contributed by atoms with E-state index in [1.165, 1.54) is 0 Å². The average molecular weight is 351 g/mol. The minimum absolute atomic E-state index is 0.234. The van der Waals surface area contributed by atoms with Crippen molar-refractivity contribution in [3.8, 4) is 0 Å². The van der Waals surface area contributed by atoms with Crippen molar-refractivity contribution in [3.63, 3.8) is 0 Å². The first kappa shape index (κ1) is 16.9. The number of aryl methyl sites for hydroxylation is 2. The number of nitrogens with zero attached hydrogens (tertiary/aromatic N) is 1. The highest BCUT2D eigenvalue weighted by atomic mass is 32.1. The Labute approximate surface area is 149 Å². The largest absolute Gasteiger partial charge is 0.321 e. The van der Waals surface area contributed by atoms with Crippen LogP contribution in [0.25, 0.3) is 0 Å². The quantitative estimate of drug-likeness (QED) is 0.737. The van der Waals surface area contributed by atoms with Gasteiger partial charge in [-0.05, 0) is 37.6 Å². The molecule has 0 unspecified atom stereocenters. The molecule has 6 heteroatoms. The smallest absolute Gasteiger partial charge is 0.267 e.